The fourth-order valence-electron chi connectivity index (χ4n) is 3.39. The second-order valence-electron chi connectivity index (χ2n) is 7.60. The van der Waals surface area contributed by atoms with Crippen LogP contribution in [-0.4, -0.2) is 25.1 Å². The van der Waals surface area contributed by atoms with Gasteiger partial charge >= 0.3 is 0 Å². The van der Waals surface area contributed by atoms with Gasteiger partial charge in [0.2, 0.25) is 5.91 Å². The van der Waals surface area contributed by atoms with Crippen molar-refractivity contribution in [2.45, 2.75) is 31.6 Å². The maximum atomic E-state index is 13.3. The smallest absolute Gasteiger partial charge is 0.234 e. The minimum absolute atomic E-state index is 0.137. The second-order valence-corrected chi connectivity index (χ2v) is 10.7. The molecule has 164 valence electrons. The van der Waals surface area contributed by atoms with E-state index in [1.54, 1.807) is 24.3 Å². The van der Waals surface area contributed by atoms with E-state index in [0.717, 1.165) is 27.8 Å². The van der Waals surface area contributed by atoms with Crippen molar-refractivity contribution >= 4 is 48.1 Å². The SMILES string of the molecule is CCc1ccc(N(C(=O)CCS(=O)(=O)c2ccc(C)cc2)c2nc3ccccc3s2)cc1. The summed E-state index contributed by atoms with van der Waals surface area (Å²) in [4.78, 5) is 19.7. The lowest BCUT2D eigenvalue weighted by atomic mass is 10.1. The summed E-state index contributed by atoms with van der Waals surface area (Å²) in [6, 6.07) is 22.1. The maximum absolute atomic E-state index is 13.3. The van der Waals surface area contributed by atoms with Gasteiger partial charge in [0.1, 0.15) is 0 Å². The van der Waals surface area contributed by atoms with Gasteiger partial charge < -0.3 is 0 Å². The third-order valence-corrected chi connectivity index (χ3v) is 8.04. The first-order valence-electron chi connectivity index (χ1n) is 10.4. The van der Waals surface area contributed by atoms with Gasteiger partial charge in [-0.05, 0) is 55.3 Å². The van der Waals surface area contributed by atoms with Crippen LogP contribution < -0.4 is 4.90 Å². The zero-order chi connectivity index (χ0) is 22.7. The number of amides is 1. The zero-order valence-electron chi connectivity index (χ0n) is 18.0. The number of hydrogen-bond donors (Lipinski definition) is 0. The Morgan fingerprint density at radius 2 is 1.66 bits per heavy atom. The van der Waals surface area contributed by atoms with Crippen LogP contribution >= 0.6 is 11.3 Å². The number of hydrogen-bond acceptors (Lipinski definition) is 5. The van der Waals surface area contributed by atoms with Crippen LogP contribution in [-0.2, 0) is 21.1 Å². The number of fused-ring (bicyclic) bond motifs is 1. The highest BCUT2D eigenvalue weighted by Gasteiger charge is 2.24. The number of aromatic nitrogens is 1. The molecule has 0 fully saturated rings. The average Bonchev–Trinajstić information content (AvgIpc) is 3.22. The molecule has 7 heteroatoms. The molecule has 0 atom stereocenters. The summed E-state index contributed by atoms with van der Waals surface area (Å²) in [5.41, 5.74) is 3.63. The van der Waals surface area contributed by atoms with Crippen LogP contribution in [0.5, 0.6) is 0 Å². The standard InChI is InChI=1S/C25H24N2O3S2/c1-3-19-10-12-20(13-11-19)27(25-26-22-6-4-5-7-23(22)31-25)24(28)16-17-32(29,30)21-14-8-18(2)9-15-21/h4-15H,3,16-17H2,1-2H3. The van der Waals surface area contributed by atoms with E-state index in [0.29, 0.717) is 10.8 Å². The number of anilines is 2. The van der Waals surface area contributed by atoms with Crippen LogP contribution in [0.3, 0.4) is 0 Å². The lowest BCUT2D eigenvalue weighted by Gasteiger charge is -2.20. The quantitative estimate of drug-likeness (QED) is 0.352. The highest BCUT2D eigenvalue weighted by atomic mass is 32.2. The van der Waals surface area contributed by atoms with Crippen molar-refractivity contribution in [1.29, 1.82) is 0 Å². The van der Waals surface area contributed by atoms with E-state index in [1.165, 1.54) is 16.2 Å². The van der Waals surface area contributed by atoms with E-state index >= 15 is 0 Å². The molecule has 1 amide bonds. The van der Waals surface area contributed by atoms with Crippen molar-refractivity contribution in [2.24, 2.45) is 0 Å². The Morgan fingerprint density at radius 3 is 2.31 bits per heavy atom. The van der Waals surface area contributed by atoms with Gasteiger partial charge in [0, 0.05) is 6.42 Å². The van der Waals surface area contributed by atoms with Crippen LogP contribution in [0.4, 0.5) is 10.8 Å². The van der Waals surface area contributed by atoms with Crippen LogP contribution in [0.25, 0.3) is 10.2 Å². The van der Waals surface area contributed by atoms with E-state index in [2.05, 4.69) is 11.9 Å². The molecule has 4 aromatic rings. The fourth-order valence-corrected chi connectivity index (χ4v) is 5.63. The number of sulfone groups is 1. The first-order chi connectivity index (χ1) is 15.4. The van der Waals surface area contributed by atoms with Gasteiger partial charge in [0.15, 0.2) is 15.0 Å². The Morgan fingerprint density at radius 1 is 0.969 bits per heavy atom. The molecular weight excluding hydrogens is 440 g/mol. The molecule has 0 saturated heterocycles. The lowest BCUT2D eigenvalue weighted by molar-refractivity contribution is -0.117. The van der Waals surface area contributed by atoms with Crippen LogP contribution in [0, 0.1) is 6.92 Å². The van der Waals surface area contributed by atoms with Gasteiger partial charge in [-0.1, -0.05) is 60.2 Å². The molecule has 0 aliphatic heterocycles. The van der Waals surface area contributed by atoms with E-state index < -0.39 is 9.84 Å². The lowest BCUT2D eigenvalue weighted by Crippen LogP contribution is -2.27. The van der Waals surface area contributed by atoms with E-state index in [4.69, 9.17) is 0 Å². The van der Waals surface area contributed by atoms with Crippen LogP contribution in [0.1, 0.15) is 24.5 Å². The van der Waals surface area contributed by atoms with Gasteiger partial charge in [0.25, 0.3) is 0 Å². The van der Waals surface area contributed by atoms with Crippen LogP contribution in [0.2, 0.25) is 0 Å². The minimum atomic E-state index is -3.57. The molecular formula is C25H24N2O3S2. The number of benzene rings is 3. The average molecular weight is 465 g/mol. The third kappa shape index (κ3) is 4.74. The highest BCUT2D eigenvalue weighted by molar-refractivity contribution is 7.91. The highest BCUT2D eigenvalue weighted by Crippen LogP contribution is 2.34. The predicted molar refractivity (Wildman–Crippen MR) is 130 cm³/mol. The Bertz CT molecular complexity index is 1310. The van der Waals surface area contributed by atoms with Gasteiger partial charge in [-0.25, -0.2) is 13.4 Å². The molecule has 0 aliphatic rings. The Kier molecular flexibility index (Phi) is 6.39. The summed E-state index contributed by atoms with van der Waals surface area (Å²) in [5, 5.41) is 0.535. The molecule has 0 aliphatic carbocycles. The molecule has 3 aromatic carbocycles. The number of rotatable bonds is 7. The summed E-state index contributed by atoms with van der Waals surface area (Å²) in [7, 11) is -3.57. The fraction of sp³-hybridized carbons (Fsp3) is 0.200. The summed E-state index contributed by atoms with van der Waals surface area (Å²) < 4.78 is 26.5. The van der Waals surface area contributed by atoms with Crippen molar-refractivity contribution < 1.29 is 13.2 Å². The molecule has 0 unspecified atom stereocenters. The number of carbonyl (C=O) groups excluding carboxylic acids is 1. The van der Waals surface area contributed by atoms with Crippen molar-refractivity contribution in [3.8, 4) is 0 Å². The van der Waals surface area contributed by atoms with Crippen molar-refractivity contribution in [3.63, 3.8) is 0 Å². The maximum Gasteiger partial charge on any atom is 0.234 e. The number of thiazole rings is 1. The first kappa shape index (κ1) is 22.2. The van der Waals surface area contributed by atoms with Gasteiger partial charge in [0.05, 0.1) is 26.6 Å². The monoisotopic (exact) mass is 464 g/mol. The van der Waals surface area contributed by atoms with E-state index in [1.807, 2.05) is 55.5 Å². The van der Waals surface area contributed by atoms with E-state index in [9.17, 15) is 13.2 Å². The summed E-state index contributed by atoms with van der Waals surface area (Å²) in [5.74, 6) is -0.562. The molecule has 0 spiro atoms. The predicted octanol–water partition coefficient (Wildman–Crippen LogP) is 5.70. The topological polar surface area (TPSA) is 67.3 Å². The zero-order valence-corrected chi connectivity index (χ0v) is 19.6. The largest absolute Gasteiger partial charge is 0.274 e. The van der Waals surface area contributed by atoms with E-state index in [-0.39, 0.29) is 23.0 Å². The summed E-state index contributed by atoms with van der Waals surface area (Å²) in [6.07, 6.45) is 0.756. The Hall–Kier alpha value is -3.03. The Balaban J connectivity index is 1.64. The molecule has 32 heavy (non-hydrogen) atoms. The molecule has 0 bridgehead atoms. The number of carbonyl (C=O) groups is 1. The number of nitrogens with zero attached hydrogens (tertiary/aromatic N) is 2. The second kappa shape index (κ2) is 9.22. The number of aryl methyl sites for hydroxylation is 2. The normalized spacial score (nSPS) is 11.6. The summed E-state index contributed by atoms with van der Waals surface area (Å²) >= 11 is 1.41. The molecule has 1 heterocycles. The molecule has 0 N–H and O–H groups in total. The molecule has 0 radical (unpaired) electrons. The molecule has 5 nitrogen and oxygen atoms in total. The third-order valence-electron chi connectivity index (χ3n) is 5.29. The molecule has 4 rings (SSSR count). The number of para-hydroxylation sites is 1. The molecule has 0 saturated carbocycles. The summed E-state index contributed by atoms with van der Waals surface area (Å²) in [6.45, 7) is 3.97. The Labute approximate surface area is 192 Å². The van der Waals surface area contributed by atoms with Gasteiger partial charge in [-0.15, -0.1) is 0 Å². The van der Waals surface area contributed by atoms with Crippen molar-refractivity contribution in [3.05, 3.63) is 83.9 Å². The van der Waals surface area contributed by atoms with Crippen LogP contribution in [0.15, 0.2) is 77.7 Å². The van der Waals surface area contributed by atoms with Gasteiger partial charge in [-0.2, -0.15) is 0 Å². The van der Waals surface area contributed by atoms with Gasteiger partial charge in [-0.3, -0.25) is 9.69 Å². The van der Waals surface area contributed by atoms with Crippen molar-refractivity contribution in [2.75, 3.05) is 10.7 Å². The molecule has 1 aromatic heterocycles. The minimum Gasteiger partial charge on any atom is -0.274 e. The first-order valence-corrected chi connectivity index (χ1v) is 12.9. The van der Waals surface area contributed by atoms with Crippen molar-refractivity contribution in [1.82, 2.24) is 4.98 Å².